The molecular formula is C13H22N2O. The minimum absolute atomic E-state index is 0.0984. The molecule has 3 nitrogen and oxygen atoms in total. The molecule has 1 atom stereocenters. The number of rotatable bonds is 5. The van der Waals surface area contributed by atoms with Crippen molar-refractivity contribution < 1.29 is 4.79 Å². The van der Waals surface area contributed by atoms with Gasteiger partial charge in [-0.3, -0.25) is 10.1 Å². The van der Waals surface area contributed by atoms with Crippen molar-refractivity contribution in [2.45, 2.75) is 45.1 Å². The molecule has 0 spiro atoms. The second-order valence-electron chi connectivity index (χ2n) is 5.14. The lowest BCUT2D eigenvalue weighted by Crippen LogP contribution is -2.47. The van der Waals surface area contributed by atoms with Crippen LogP contribution in [0.25, 0.3) is 0 Å². The van der Waals surface area contributed by atoms with Crippen molar-refractivity contribution in [2.24, 2.45) is 5.41 Å². The number of hydrogen-bond acceptors (Lipinski definition) is 2. The van der Waals surface area contributed by atoms with E-state index in [1.807, 2.05) is 12.2 Å². The summed E-state index contributed by atoms with van der Waals surface area (Å²) in [5.74, 6) is 0.135. The number of nitrogens with one attached hydrogen (secondary N) is 2. The fourth-order valence-corrected chi connectivity index (χ4v) is 2.75. The first-order chi connectivity index (χ1) is 7.76. The van der Waals surface area contributed by atoms with Gasteiger partial charge in [-0.2, -0.15) is 0 Å². The maximum absolute atomic E-state index is 11.8. The average molecular weight is 222 g/mol. The van der Waals surface area contributed by atoms with Crippen LogP contribution in [0.5, 0.6) is 0 Å². The molecule has 1 saturated carbocycles. The van der Waals surface area contributed by atoms with E-state index in [9.17, 15) is 4.79 Å². The van der Waals surface area contributed by atoms with Gasteiger partial charge in [-0.15, -0.1) is 0 Å². The van der Waals surface area contributed by atoms with E-state index in [0.29, 0.717) is 5.41 Å². The van der Waals surface area contributed by atoms with Gasteiger partial charge in [0.2, 0.25) is 5.91 Å². The zero-order valence-corrected chi connectivity index (χ0v) is 10.1. The molecule has 0 unspecified atom stereocenters. The Balaban J connectivity index is 1.77. The van der Waals surface area contributed by atoms with Crippen molar-refractivity contribution in [3.8, 4) is 0 Å². The van der Waals surface area contributed by atoms with Crippen LogP contribution >= 0.6 is 0 Å². The number of hydrogen-bond donors (Lipinski definition) is 2. The van der Waals surface area contributed by atoms with Gasteiger partial charge >= 0.3 is 0 Å². The summed E-state index contributed by atoms with van der Waals surface area (Å²) in [6.07, 6.45) is 10.3. The smallest absolute Gasteiger partial charge is 0.241 e. The Hall–Kier alpha value is -0.830. The third-order valence-electron chi connectivity index (χ3n) is 3.90. The van der Waals surface area contributed by atoms with E-state index < -0.39 is 0 Å². The first-order valence-corrected chi connectivity index (χ1v) is 6.43. The predicted molar refractivity (Wildman–Crippen MR) is 65.1 cm³/mol. The van der Waals surface area contributed by atoms with Crippen molar-refractivity contribution in [1.29, 1.82) is 0 Å². The Morgan fingerprint density at radius 2 is 2.38 bits per heavy atom. The molecule has 1 amide bonds. The molecule has 16 heavy (non-hydrogen) atoms. The van der Waals surface area contributed by atoms with Gasteiger partial charge in [0.25, 0.3) is 0 Å². The minimum Gasteiger partial charge on any atom is -0.354 e. The van der Waals surface area contributed by atoms with Crippen LogP contribution in [-0.4, -0.2) is 25.0 Å². The summed E-state index contributed by atoms with van der Waals surface area (Å²) in [6, 6.07) is -0.0984. The molecule has 1 fully saturated rings. The van der Waals surface area contributed by atoms with Gasteiger partial charge in [0, 0.05) is 13.1 Å². The molecule has 0 radical (unpaired) electrons. The summed E-state index contributed by atoms with van der Waals surface area (Å²) in [6.45, 7) is 3.91. The van der Waals surface area contributed by atoms with Crippen LogP contribution in [0.3, 0.4) is 0 Å². The maximum Gasteiger partial charge on any atom is 0.241 e. The van der Waals surface area contributed by atoms with Crippen molar-refractivity contribution in [3.63, 3.8) is 0 Å². The molecule has 1 aliphatic heterocycles. The number of carbonyl (C=O) groups excluding carboxylic acids is 1. The fourth-order valence-electron chi connectivity index (χ4n) is 2.75. The third-order valence-corrected chi connectivity index (χ3v) is 3.90. The van der Waals surface area contributed by atoms with Gasteiger partial charge in [0.1, 0.15) is 6.04 Å². The lowest BCUT2D eigenvalue weighted by Gasteiger charge is -2.42. The number of carbonyl (C=O) groups is 1. The van der Waals surface area contributed by atoms with Crippen LogP contribution in [0.2, 0.25) is 0 Å². The van der Waals surface area contributed by atoms with Gasteiger partial charge < -0.3 is 5.32 Å². The van der Waals surface area contributed by atoms with Crippen molar-refractivity contribution in [1.82, 2.24) is 10.6 Å². The second-order valence-corrected chi connectivity index (χ2v) is 5.14. The van der Waals surface area contributed by atoms with Crippen molar-refractivity contribution in [2.75, 3.05) is 13.1 Å². The summed E-state index contributed by atoms with van der Waals surface area (Å²) in [5, 5.41) is 6.24. The lowest BCUT2D eigenvalue weighted by molar-refractivity contribution is -0.122. The monoisotopic (exact) mass is 222 g/mol. The zero-order valence-electron chi connectivity index (χ0n) is 10.1. The Morgan fingerprint density at radius 3 is 2.88 bits per heavy atom. The Morgan fingerprint density at radius 1 is 1.56 bits per heavy atom. The molecule has 1 heterocycles. The standard InChI is InChI=1S/C13H22N2O/c1-2-6-13(7-4-8-13)10-15-12(16)11-5-3-9-14-11/h3,5,11,14H,2,4,6-10H2,1H3,(H,15,16)/t11-/m1/s1. The van der Waals surface area contributed by atoms with Crippen LogP contribution in [-0.2, 0) is 4.79 Å². The van der Waals surface area contributed by atoms with Gasteiger partial charge in [-0.1, -0.05) is 31.9 Å². The van der Waals surface area contributed by atoms with Crippen molar-refractivity contribution >= 4 is 5.91 Å². The molecule has 0 aromatic rings. The van der Waals surface area contributed by atoms with Crippen LogP contribution in [0, 0.1) is 5.41 Å². The second kappa shape index (κ2) is 5.00. The molecule has 0 aromatic heterocycles. The zero-order chi connectivity index (χ0) is 11.4. The molecule has 0 aromatic carbocycles. The van der Waals surface area contributed by atoms with E-state index in [4.69, 9.17) is 0 Å². The van der Waals surface area contributed by atoms with E-state index in [0.717, 1.165) is 13.1 Å². The molecule has 2 N–H and O–H groups in total. The Kier molecular flexibility index (Phi) is 3.64. The maximum atomic E-state index is 11.8. The Bertz CT molecular complexity index is 282. The predicted octanol–water partition coefficient (Wildman–Crippen LogP) is 1.60. The number of amides is 1. The molecule has 0 bridgehead atoms. The van der Waals surface area contributed by atoms with Gasteiger partial charge in [-0.05, 0) is 24.7 Å². The van der Waals surface area contributed by atoms with E-state index >= 15 is 0 Å². The first kappa shape index (κ1) is 11.6. The highest BCUT2D eigenvalue weighted by Gasteiger charge is 2.36. The van der Waals surface area contributed by atoms with Crippen LogP contribution in [0.1, 0.15) is 39.0 Å². The summed E-state index contributed by atoms with van der Waals surface area (Å²) in [4.78, 5) is 11.8. The normalized spacial score (nSPS) is 26.4. The van der Waals surface area contributed by atoms with E-state index in [1.165, 1.54) is 32.1 Å². The molecule has 1 aliphatic carbocycles. The van der Waals surface area contributed by atoms with Gasteiger partial charge in [0.05, 0.1) is 0 Å². The van der Waals surface area contributed by atoms with E-state index in [2.05, 4.69) is 17.6 Å². The molecule has 0 saturated heterocycles. The summed E-state index contributed by atoms with van der Waals surface area (Å²) >= 11 is 0. The quantitative estimate of drug-likeness (QED) is 0.694. The molecule has 3 heteroatoms. The van der Waals surface area contributed by atoms with Gasteiger partial charge in [-0.25, -0.2) is 0 Å². The highest BCUT2D eigenvalue weighted by molar-refractivity contribution is 5.84. The summed E-state index contributed by atoms with van der Waals surface area (Å²) in [5.41, 5.74) is 0.423. The molecule has 2 rings (SSSR count). The Labute approximate surface area is 97.7 Å². The lowest BCUT2D eigenvalue weighted by atomic mass is 9.66. The SMILES string of the molecule is CCCC1(CNC(=O)[C@H]2C=CCN2)CCC1. The van der Waals surface area contributed by atoms with Crippen LogP contribution in [0.4, 0.5) is 0 Å². The largest absolute Gasteiger partial charge is 0.354 e. The fraction of sp³-hybridized carbons (Fsp3) is 0.769. The summed E-state index contributed by atoms with van der Waals surface area (Å²) < 4.78 is 0. The van der Waals surface area contributed by atoms with E-state index in [1.54, 1.807) is 0 Å². The first-order valence-electron chi connectivity index (χ1n) is 6.43. The van der Waals surface area contributed by atoms with Gasteiger partial charge in [0.15, 0.2) is 0 Å². The highest BCUT2D eigenvalue weighted by Crippen LogP contribution is 2.44. The summed E-state index contributed by atoms with van der Waals surface area (Å²) in [7, 11) is 0. The molecule has 90 valence electrons. The van der Waals surface area contributed by atoms with Crippen LogP contribution in [0.15, 0.2) is 12.2 Å². The third kappa shape index (κ3) is 2.46. The van der Waals surface area contributed by atoms with E-state index in [-0.39, 0.29) is 11.9 Å². The topological polar surface area (TPSA) is 41.1 Å². The highest BCUT2D eigenvalue weighted by atomic mass is 16.2. The molecular weight excluding hydrogens is 200 g/mol. The average Bonchev–Trinajstić information content (AvgIpc) is 2.74. The van der Waals surface area contributed by atoms with Crippen molar-refractivity contribution in [3.05, 3.63) is 12.2 Å². The van der Waals surface area contributed by atoms with Crippen LogP contribution < -0.4 is 10.6 Å². The molecule has 2 aliphatic rings. The minimum atomic E-state index is -0.0984.